The summed E-state index contributed by atoms with van der Waals surface area (Å²) in [5, 5.41) is 14.9. The van der Waals surface area contributed by atoms with Gasteiger partial charge in [-0.15, -0.1) is 0 Å². The molecule has 0 spiro atoms. The quantitative estimate of drug-likeness (QED) is 0.424. The zero-order valence-electron chi connectivity index (χ0n) is 13.3. The molecule has 7 heteroatoms. The van der Waals surface area contributed by atoms with E-state index in [1.807, 2.05) is 31.2 Å². The number of amides is 1. The Bertz CT molecular complexity index is 903. The Labute approximate surface area is 158 Å². The molecule has 2 N–H and O–H groups in total. The van der Waals surface area contributed by atoms with Crippen molar-refractivity contribution in [1.29, 1.82) is 5.26 Å². The molecule has 2 aromatic carbocycles. The first-order chi connectivity index (χ1) is 12.1. The van der Waals surface area contributed by atoms with Crippen LogP contribution in [0.3, 0.4) is 0 Å². The number of anilines is 2. The highest BCUT2D eigenvalue weighted by molar-refractivity contribution is 14.1. The van der Waals surface area contributed by atoms with Crippen LogP contribution >= 0.6 is 22.6 Å². The first-order valence-corrected chi connectivity index (χ1v) is 8.48. The van der Waals surface area contributed by atoms with Crippen LogP contribution in [0.4, 0.5) is 11.4 Å². The molecule has 0 saturated carbocycles. The average molecular weight is 447 g/mol. The van der Waals surface area contributed by atoms with Gasteiger partial charge in [0, 0.05) is 27.2 Å². The maximum Gasteiger partial charge on any atom is 0.267 e. The molecular formula is C18H14IN3O3. The molecule has 0 aliphatic carbocycles. The number of nitriles is 1. The lowest BCUT2D eigenvalue weighted by molar-refractivity contribution is -0.112. The lowest BCUT2D eigenvalue weighted by Gasteiger charge is -2.08. The van der Waals surface area contributed by atoms with E-state index in [1.165, 1.54) is 6.20 Å². The van der Waals surface area contributed by atoms with Crippen molar-refractivity contribution in [2.24, 2.45) is 0 Å². The monoisotopic (exact) mass is 447 g/mol. The predicted molar refractivity (Wildman–Crippen MR) is 102 cm³/mol. The lowest BCUT2D eigenvalue weighted by atomic mass is 10.2. The van der Waals surface area contributed by atoms with Crippen molar-refractivity contribution in [3.8, 4) is 17.6 Å². The number of carbonyl (C=O) groups is 1. The Morgan fingerprint density at radius 2 is 2.04 bits per heavy atom. The van der Waals surface area contributed by atoms with E-state index in [-0.39, 0.29) is 12.4 Å². The summed E-state index contributed by atoms with van der Waals surface area (Å²) >= 11 is 2.20. The number of benzene rings is 2. The second-order valence-electron chi connectivity index (χ2n) is 5.30. The van der Waals surface area contributed by atoms with E-state index in [9.17, 15) is 10.1 Å². The van der Waals surface area contributed by atoms with E-state index in [0.29, 0.717) is 22.9 Å². The zero-order chi connectivity index (χ0) is 17.8. The first-order valence-electron chi connectivity index (χ1n) is 7.41. The van der Waals surface area contributed by atoms with Gasteiger partial charge >= 0.3 is 0 Å². The van der Waals surface area contributed by atoms with Gasteiger partial charge in [-0.1, -0.05) is 0 Å². The van der Waals surface area contributed by atoms with Gasteiger partial charge in [-0.25, -0.2) is 0 Å². The van der Waals surface area contributed by atoms with Crippen molar-refractivity contribution >= 4 is 39.9 Å². The Morgan fingerprint density at radius 1 is 1.24 bits per heavy atom. The number of rotatable bonds is 4. The minimum Gasteiger partial charge on any atom is -0.454 e. The third-order valence-electron chi connectivity index (χ3n) is 3.56. The highest BCUT2D eigenvalue weighted by atomic mass is 127. The van der Waals surface area contributed by atoms with Gasteiger partial charge < -0.3 is 20.1 Å². The van der Waals surface area contributed by atoms with Gasteiger partial charge in [0.25, 0.3) is 5.91 Å². The van der Waals surface area contributed by atoms with Gasteiger partial charge in [-0.2, -0.15) is 5.26 Å². The van der Waals surface area contributed by atoms with Crippen LogP contribution < -0.4 is 20.1 Å². The number of aryl methyl sites for hydroxylation is 1. The topological polar surface area (TPSA) is 83.4 Å². The maximum atomic E-state index is 12.3. The average Bonchev–Trinajstić information content (AvgIpc) is 3.05. The molecule has 25 heavy (non-hydrogen) atoms. The van der Waals surface area contributed by atoms with Crippen LogP contribution in [0.5, 0.6) is 11.5 Å². The van der Waals surface area contributed by atoms with Gasteiger partial charge in [-0.05, 0) is 65.4 Å². The van der Waals surface area contributed by atoms with E-state index in [4.69, 9.17) is 9.47 Å². The third kappa shape index (κ3) is 4.03. The van der Waals surface area contributed by atoms with Gasteiger partial charge in [0.2, 0.25) is 6.79 Å². The molecule has 0 fully saturated rings. The fourth-order valence-corrected chi connectivity index (χ4v) is 2.89. The standard InChI is InChI=1S/C18H14IN3O3/c1-11-6-13(19)2-4-15(11)22-18(23)12(8-20)9-21-14-3-5-16-17(7-14)25-10-24-16/h2-7,9,21H,10H2,1H3,(H,22,23)/b12-9-. The Morgan fingerprint density at radius 3 is 2.80 bits per heavy atom. The fourth-order valence-electron chi connectivity index (χ4n) is 2.25. The van der Waals surface area contributed by atoms with Crippen LogP contribution in [-0.2, 0) is 4.79 Å². The van der Waals surface area contributed by atoms with Crippen molar-refractivity contribution in [2.45, 2.75) is 6.92 Å². The Kier molecular flexibility index (Phi) is 5.09. The van der Waals surface area contributed by atoms with Crippen molar-refractivity contribution in [2.75, 3.05) is 17.4 Å². The number of hydrogen-bond acceptors (Lipinski definition) is 5. The molecule has 0 bridgehead atoms. The van der Waals surface area contributed by atoms with Crippen LogP contribution in [0.2, 0.25) is 0 Å². The second-order valence-corrected chi connectivity index (χ2v) is 6.54. The highest BCUT2D eigenvalue weighted by Crippen LogP contribution is 2.34. The summed E-state index contributed by atoms with van der Waals surface area (Å²) in [6, 6.07) is 12.9. The van der Waals surface area contributed by atoms with Gasteiger partial charge in [-0.3, -0.25) is 4.79 Å². The number of nitrogens with one attached hydrogen (secondary N) is 2. The molecule has 0 saturated heterocycles. The summed E-state index contributed by atoms with van der Waals surface area (Å²) < 4.78 is 11.6. The molecule has 1 amide bonds. The molecule has 0 unspecified atom stereocenters. The first kappa shape index (κ1) is 17.1. The lowest BCUT2D eigenvalue weighted by Crippen LogP contribution is -2.15. The van der Waals surface area contributed by atoms with Crippen LogP contribution in [-0.4, -0.2) is 12.7 Å². The fraction of sp³-hybridized carbons (Fsp3) is 0.111. The minimum atomic E-state index is -0.472. The van der Waals surface area contributed by atoms with Crippen molar-refractivity contribution in [1.82, 2.24) is 0 Å². The molecule has 0 radical (unpaired) electrons. The molecular weight excluding hydrogens is 433 g/mol. The summed E-state index contributed by atoms with van der Waals surface area (Å²) in [6.07, 6.45) is 1.37. The van der Waals surface area contributed by atoms with E-state index in [2.05, 4.69) is 33.2 Å². The van der Waals surface area contributed by atoms with Crippen LogP contribution in [0.25, 0.3) is 0 Å². The molecule has 0 atom stereocenters. The molecule has 0 aromatic heterocycles. The molecule has 126 valence electrons. The third-order valence-corrected chi connectivity index (χ3v) is 4.23. The summed E-state index contributed by atoms with van der Waals surface area (Å²) in [6.45, 7) is 2.09. The van der Waals surface area contributed by atoms with Crippen molar-refractivity contribution < 1.29 is 14.3 Å². The minimum absolute atomic E-state index is 0.0318. The molecule has 3 rings (SSSR count). The summed E-state index contributed by atoms with van der Waals surface area (Å²) in [4.78, 5) is 12.3. The number of carbonyl (C=O) groups excluding carboxylic acids is 1. The van der Waals surface area contributed by atoms with Gasteiger partial charge in [0.15, 0.2) is 11.5 Å². The van der Waals surface area contributed by atoms with Crippen molar-refractivity contribution in [3.63, 3.8) is 0 Å². The van der Waals surface area contributed by atoms with Crippen molar-refractivity contribution in [3.05, 3.63) is 57.3 Å². The molecule has 1 heterocycles. The van der Waals surface area contributed by atoms with Crippen LogP contribution in [0, 0.1) is 21.8 Å². The van der Waals surface area contributed by atoms with E-state index < -0.39 is 5.91 Å². The highest BCUT2D eigenvalue weighted by Gasteiger charge is 2.14. The predicted octanol–water partition coefficient (Wildman–Crippen LogP) is 3.79. The molecule has 1 aliphatic rings. The number of ether oxygens (including phenoxy) is 2. The molecule has 6 nitrogen and oxygen atoms in total. The summed E-state index contributed by atoms with van der Waals surface area (Å²) in [5.41, 5.74) is 2.27. The van der Waals surface area contributed by atoms with Crippen LogP contribution in [0.15, 0.2) is 48.2 Å². The number of hydrogen-bond donors (Lipinski definition) is 2. The smallest absolute Gasteiger partial charge is 0.267 e. The zero-order valence-corrected chi connectivity index (χ0v) is 15.5. The number of fused-ring (bicyclic) bond motifs is 1. The summed E-state index contributed by atoms with van der Waals surface area (Å²) in [5.74, 6) is 0.817. The van der Waals surface area contributed by atoms with E-state index in [0.717, 1.165) is 9.13 Å². The Balaban J connectivity index is 1.71. The van der Waals surface area contributed by atoms with E-state index >= 15 is 0 Å². The van der Waals surface area contributed by atoms with Crippen LogP contribution in [0.1, 0.15) is 5.56 Å². The number of halogens is 1. The maximum absolute atomic E-state index is 12.3. The van der Waals surface area contributed by atoms with E-state index in [1.54, 1.807) is 18.2 Å². The van der Waals surface area contributed by atoms with Gasteiger partial charge in [0.05, 0.1) is 0 Å². The van der Waals surface area contributed by atoms with Gasteiger partial charge in [0.1, 0.15) is 11.6 Å². The molecule has 1 aliphatic heterocycles. The molecule has 2 aromatic rings. The Hall–Kier alpha value is -2.73. The SMILES string of the molecule is Cc1cc(I)ccc1NC(=O)/C(C#N)=C\Nc1ccc2c(c1)OCO2. The second kappa shape index (κ2) is 7.44. The number of nitrogens with zero attached hydrogens (tertiary/aromatic N) is 1. The summed E-state index contributed by atoms with van der Waals surface area (Å²) in [7, 11) is 0. The largest absolute Gasteiger partial charge is 0.454 e. The normalized spacial score (nSPS) is 12.4.